The van der Waals surface area contributed by atoms with Crippen molar-refractivity contribution in [2.45, 2.75) is 6.92 Å². The van der Waals surface area contributed by atoms with Gasteiger partial charge in [0.05, 0.1) is 23.3 Å². The molecule has 3 heterocycles. The number of rotatable bonds is 1. The van der Waals surface area contributed by atoms with Crippen LogP contribution in [0.1, 0.15) is 17.0 Å². The number of hydrogen-bond donors (Lipinski definition) is 2. The minimum Gasteiger partial charge on any atom is -0.338 e. The van der Waals surface area contributed by atoms with Crippen LogP contribution in [0, 0.1) is 6.92 Å². The Labute approximate surface area is 106 Å². The average molecular weight is 244 g/mol. The van der Waals surface area contributed by atoms with Crippen LogP contribution in [0.4, 0.5) is 5.95 Å². The molecule has 2 aliphatic rings. The number of aromatic nitrogens is 2. The fourth-order valence-electron chi connectivity index (χ4n) is 2.28. The molecular weight excluding hydrogens is 228 g/mol. The molecule has 0 unspecified atom stereocenters. The summed E-state index contributed by atoms with van der Waals surface area (Å²) in [5.74, 6) is 0.786. The zero-order chi connectivity index (χ0) is 12.5. The summed E-state index contributed by atoms with van der Waals surface area (Å²) in [6.07, 6.45) is 1.73. The minimum atomic E-state index is 0.761. The van der Waals surface area contributed by atoms with E-state index in [0.29, 0.717) is 0 Å². The molecule has 1 aromatic heterocycles. The summed E-state index contributed by atoms with van der Waals surface area (Å²) >= 11 is 0. The predicted octanol–water partition coefficient (Wildman–Crippen LogP) is 0.102. The Kier molecular flexibility index (Phi) is 2.71. The summed E-state index contributed by atoms with van der Waals surface area (Å²) in [4.78, 5) is 11.4. The van der Waals surface area contributed by atoms with E-state index in [-0.39, 0.29) is 0 Å². The van der Waals surface area contributed by atoms with Crippen LogP contribution in [0.3, 0.4) is 0 Å². The Morgan fingerprint density at radius 1 is 1.28 bits per heavy atom. The molecule has 0 radical (unpaired) electrons. The molecule has 0 bridgehead atoms. The third-order valence-corrected chi connectivity index (χ3v) is 3.19. The number of anilines is 1. The largest absolute Gasteiger partial charge is 0.338 e. The first-order valence-electron chi connectivity index (χ1n) is 6.08. The zero-order valence-electron chi connectivity index (χ0n) is 10.4. The van der Waals surface area contributed by atoms with Crippen molar-refractivity contribution in [2.75, 3.05) is 31.1 Å². The van der Waals surface area contributed by atoms with Crippen molar-refractivity contribution in [1.29, 1.82) is 0 Å². The van der Waals surface area contributed by atoms with E-state index in [1.165, 1.54) is 0 Å². The van der Waals surface area contributed by atoms with Crippen molar-refractivity contribution in [2.24, 2.45) is 5.10 Å². The topological polar surface area (TPSA) is 65.4 Å². The van der Waals surface area contributed by atoms with Crippen molar-refractivity contribution in [3.8, 4) is 0 Å². The Hall–Kier alpha value is -1.95. The third-order valence-electron chi connectivity index (χ3n) is 3.19. The van der Waals surface area contributed by atoms with Gasteiger partial charge in [0.2, 0.25) is 5.95 Å². The summed E-state index contributed by atoms with van der Waals surface area (Å²) in [5, 5.41) is 7.35. The SMILES string of the molecule is C=C1NN=Cc2nc(N3CCNCC3)nc(C)c21. The first-order chi connectivity index (χ1) is 8.75. The number of piperazine rings is 1. The maximum absolute atomic E-state index is 4.59. The van der Waals surface area contributed by atoms with Crippen LogP contribution in [0.15, 0.2) is 11.7 Å². The highest BCUT2D eigenvalue weighted by Crippen LogP contribution is 2.22. The molecule has 18 heavy (non-hydrogen) atoms. The Bertz CT molecular complexity index is 516. The van der Waals surface area contributed by atoms with Crippen LogP contribution in [0.2, 0.25) is 0 Å². The van der Waals surface area contributed by atoms with E-state index in [1.54, 1.807) is 6.21 Å². The number of aryl methyl sites for hydroxylation is 1. The summed E-state index contributed by atoms with van der Waals surface area (Å²) < 4.78 is 0. The highest BCUT2D eigenvalue weighted by atomic mass is 15.3. The molecule has 0 saturated carbocycles. The van der Waals surface area contributed by atoms with Crippen LogP contribution in [0.25, 0.3) is 5.70 Å². The van der Waals surface area contributed by atoms with Gasteiger partial charge in [-0.3, -0.25) is 5.43 Å². The van der Waals surface area contributed by atoms with Crippen molar-refractivity contribution in [1.82, 2.24) is 20.7 Å². The van der Waals surface area contributed by atoms with Gasteiger partial charge in [-0.05, 0) is 6.92 Å². The number of hydrogen-bond acceptors (Lipinski definition) is 6. The van der Waals surface area contributed by atoms with Gasteiger partial charge in [-0.1, -0.05) is 6.58 Å². The first kappa shape index (κ1) is 11.2. The molecule has 3 rings (SSSR count). The Morgan fingerprint density at radius 3 is 2.83 bits per heavy atom. The van der Waals surface area contributed by atoms with Crippen molar-refractivity contribution < 1.29 is 0 Å². The van der Waals surface area contributed by atoms with Gasteiger partial charge in [0, 0.05) is 31.7 Å². The lowest BCUT2D eigenvalue weighted by Crippen LogP contribution is -2.44. The van der Waals surface area contributed by atoms with Crippen molar-refractivity contribution in [3.05, 3.63) is 23.5 Å². The van der Waals surface area contributed by atoms with Gasteiger partial charge >= 0.3 is 0 Å². The van der Waals surface area contributed by atoms with Crippen molar-refractivity contribution in [3.63, 3.8) is 0 Å². The summed E-state index contributed by atoms with van der Waals surface area (Å²) in [6, 6.07) is 0. The Morgan fingerprint density at radius 2 is 2.06 bits per heavy atom. The lowest BCUT2D eigenvalue weighted by atomic mass is 10.1. The minimum absolute atomic E-state index is 0.761. The van der Waals surface area contributed by atoms with Gasteiger partial charge in [0.15, 0.2) is 0 Å². The monoisotopic (exact) mass is 244 g/mol. The van der Waals surface area contributed by atoms with Crippen LogP contribution in [-0.2, 0) is 0 Å². The molecule has 2 aliphatic heterocycles. The molecule has 6 nitrogen and oxygen atoms in total. The molecule has 0 aliphatic carbocycles. The summed E-state index contributed by atoms with van der Waals surface area (Å²) in [5.41, 5.74) is 6.36. The fraction of sp³-hybridized carbons (Fsp3) is 0.417. The molecule has 1 saturated heterocycles. The number of nitrogens with one attached hydrogen (secondary N) is 2. The maximum Gasteiger partial charge on any atom is 0.226 e. The van der Waals surface area contributed by atoms with Gasteiger partial charge in [-0.25, -0.2) is 9.97 Å². The van der Waals surface area contributed by atoms with Crippen LogP contribution < -0.4 is 15.6 Å². The number of hydrazone groups is 1. The lowest BCUT2D eigenvalue weighted by molar-refractivity contribution is 0.579. The number of nitrogens with zero attached hydrogens (tertiary/aromatic N) is 4. The molecule has 1 fully saturated rings. The zero-order valence-corrected chi connectivity index (χ0v) is 10.4. The van der Waals surface area contributed by atoms with Crippen LogP contribution in [-0.4, -0.2) is 42.4 Å². The maximum atomic E-state index is 4.59. The number of fused-ring (bicyclic) bond motifs is 1. The molecule has 0 amide bonds. The molecule has 94 valence electrons. The predicted molar refractivity (Wildman–Crippen MR) is 71.6 cm³/mol. The molecular formula is C12H16N6. The first-order valence-corrected chi connectivity index (χ1v) is 6.08. The average Bonchev–Trinajstić information content (AvgIpc) is 2.39. The standard InChI is InChI=1S/C12H16N6/c1-8-11-9(2)17-14-7-10(11)16-12(15-8)18-5-3-13-4-6-18/h7,13,17H,2-6H2,1H3. The highest BCUT2D eigenvalue weighted by molar-refractivity contribution is 5.89. The third kappa shape index (κ3) is 1.84. The second-order valence-electron chi connectivity index (χ2n) is 4.45. The molecule has 0 spiro atoms. The smallest absolute Gasteiger partial charge is 0.226 e. The Balaban J connectivity index is 2.01. The second kappa shape index (κ2) is 4.38. The molecule has 2 N–H and O–H groups in total. The van der Waals surface area contributed by atoms with E-state index in [0.717, 1.165) is 54.8 Å². The molecule has 1 aromatic rings. The second-order valence-corrected chi connectivity index (χ2v) is 4.45. The van der Waals surface area contributed by atoms with Gasteiger partial charge in [-0.15, -0.1) is 0 Å². The van der Waals surface area contributed by atoms with E-state index < -0.39 is 0 Å². The van der Waals surface area contributed by atoms with Crippen molar-refractivity contribution >= 4 is 17.9 Å². The van der Waals surface area contributed by atoms with E-state index in [2.05, 4.69) is 37.3 Å². The van der Waals surface area contributed by atoms with Gasteiger partial charge in [-0.2, -0.15) is 5.10 Å². The van der Waals surface area contributed by atoms with Crippen LogP contribution in [0.5, 0.6) is 0 Å². The van der Waals surface area contributed by atoms with Gasteiger partial charge < -0.3 is 10.2 Å². The quantitative estimate of drug-likeness (QED) is 0.733. The van der Waals surface area contributed by atoms with Gasteiger partial charge in [0.1, 0.15) is 0 Å². The molecule has 0 aromatic carbocycles. The highest BCUT2D eigenvalue weighted by Gasteiger charge is 2.19. The lowest BCUT2D eigenvalue weighted by Gasteiger charge is -2.28. The summed E-state index contributed by atoms with van der Waals surface area (Å²) in [6.45, 7) is 9.74. The van der Waals surface area contributed by atoms with Gasteiger partial charge in [0.25, 0.3) is 0 Å². The molecule has 6 heteroatoms. The van der Waals surface area contributed by atoms with E-state index in [1.807, 2.05) is 6.92 Å². The van der Waals surface area contributed by atoms with E-state index in [9.17, 15) is 0 Å². The normalized spacial score (nSPS) is 18.5. The van der Waals surface area contributed by atoms with E-state index in [4.69, 9.17) is 0 Å². The van der Waals surface area contributed by atoms with Crippen LogP contribution >= 0.6 is 0 Å². The summed E-state index contributed by atoms with van der Waals surface area (Å²) in [7, 11) is 0. The van der Waals surface area contributed by atoms with E-state index >= 15 is 0 Å². The fourth-order valence-corrected chi connectivity index (χ4v) is 2.28. The molecule has 0 atom stereocenters.